The summed E-state index contributed by atoms with van der Waals surface area (Å²) < 4.78 is 11.8. The van der Waals surface area contributed by atoms with Gasteiger partial charge in [0.05, 0.1) is 12.7 Å². The number of nitrogens with zero attached hydrogens (tertiary/aromatic N) is 2. The van der Waals surface area contributed by atoms with Crippen molar-refractivity contribution >= 4 is 22.8 Å². The lowest BCUT2D eigenvalue weighted by Crippen LogP contribution is -2.33. The molecule has 1 saturated heterocycles. The van der Waals surface area contributed by atoms with Crippen LogP contribution in [0.3, 0.4) is 0 Å². The molecule has 8 nitrogen and oxygen atoms in total. The minimum absolute atomic E-state index is 0.377. The molecule has 1 aliphatic rings. The van der Waals surface area contributed by atoms with Gasteiger partial charge in [0, 0.05) is 36.1 Å². The van der Waals surface area contributed by atoms with Crippen LogP contribution >= 0.6 is 0 Å². The highest BCUT2D eigenvalue weighted by Gasteiger charge is 2.18. The molecular formula is C26H27N5O3. The van der Waals surface area contributed by atoms with E-state index in [2.05, 4.69) is 20.6 Å². The van der Waals surface area contributed by atoms with Gasteiger partial charge in [-0.15, -0.1) is 0 Å². The Hall–Kier alpha value is -3.91. The minimum atomic E-state index is -0.514. The van der Waals surface area contributed by atoms with Crippen molar-refractivity contribution < 1.29 is 13.9 Å². The average Bonchev–Trinajstić information content (AvgIpc) is 3.32. The Morgan fingerprint density at radius 3 is 2.85 bits per heavy atom. The smallest absolute Gasteiger partial charge is 0.248 e. The molecule has 0 bridgehead atoms. The normalized spacial score (nSPS) is 15.9. The zero-order valence-electron chi connectivity index (χ0n) is 19.0. The Morgan fingerprint density at radius 1 is 1.18 bits per heavy atom. The van der Waals surface area contributed by atoms with Crippen molar-refractivity contribution in [1.82, 2.24) is 15.3 Å². The summed E-state index contributed by atoms with van der Waals surface area (Å²) in [6, 6.07) is 12.8. The van der Waals surface area contributed by atoms with Crippen LogP contribution in [-0.4, -0.2) is 42.6 Å². The molecule has 4 aromatic rings. The quantitative estimate of drug-likeness (QED) is 0.383. The first kappa shape index (κ1) is 21.9. The van der Waals surface area contributed by atoms with Crippen LogP contribution in [0.15, 0.2) is 59.3 Å². The standard InChI is InChI=1S/C26H27N5O3/c1-33-22-5-4-18(26(27)32)11-20(22)23-13-21-25(34-23)19(7-10-29-21)17-6-9-30-24(12-17)31-15-16-3-2-8-28-14-16/h4-7,9-13,16,28H,2-3,8,14-15H2,1H3,(H2,27,32)(H,30,31)/t16-/m0/s1. The van der Waals surface area contributed by atoms with Gasteiger partial charge in [-0.1, -0.05) is 0 Å². The molecule has 0 radical (unpaired) electrons. The van der Waals surface area contributed by atoms with Crippen molar-refractivity contribution in [3.05, 3.63) is 60.4 Å². The van der Waals surface area contributed by atoms with Gasteiger partial charge in [0.1, 0.15) is 22.8 Å². The van der Waals surface area contributed by atoms with Gasteiger partial charge in [0.2, 0.25) is 5.91 Å². The Morgan fingerprint density at radius 2 is 2.06 bits per heavy atom. The Bertz CT molecular complexity index is 1330. The van der Waals surface area contributed by atoms with Crippen LogP contribution in [0.5, 0.6) is 5.75 Å². The summed E-state index contributed by atoms with van der Waals surface area (Å²) in [5, 5.41) is 6.93. The molecule has 174 valence electrons. The number of pyridine rings is 2. The molecule has 4 N–H and O–H groups in total. The van der Waals surface area contributed by atoms with Crippen molar-refractivity contribution in [3.63, 3.8) is 0 Å². The summed E-state index contributed by atoms with van der Waals surface area (Å²) in [6.07, 6.45) is 5.99. The van der Waals surface area contributed by atoms with Gasteiger partial charge in [-0.2, -0.15) is 0 Å². The van der Waals surface area contributed by atoms with Crippen molar-refractivity contribution in [2.24, 2.45) is 11.7 Å². The van der Waals surface area contributed by atoms with Crippen molar-refractivity contribution in [2.75, 3.05) is 32.1 Å². The van der Waals surface area contributed by atoms with Crippen LogP contribution in [-0.2, 0) is 0 Å². The number of primary amides is 1. The number of benzene rings is 1. The number of rotatable bonds is 7. The van der Waals surface area contributed by atoms with Gasteiger partial charge in [-0.05, 0) is 73.8 Å². The highest BCUT2D eigenvalue weighted by Crippen LogP contribution is 2.37. The Kier molecular flexibility index (Phi) is 6.14. The number of furan rings is 1. The fourth-order valence-corrected chi connectivity index (χ4v) is 4.39. The first-order valence-corrected chi connectivity index (χ1v) is 11.4. The summed E-state index contributed by atoms with van der Waals surface area (Å²) in [7, 11) is 1.57. The molecule has 3 aromatic heterocycles. The number of hydrogen-bond acceptors (Lipinski definition) is 7. The third-order valence-electron chi connectivity index (χ3n) is 6.20. The van der Waals surface area contributed by atoms with E-state index in [1.54, 1.807) is 37.7 Å². The van der Waals surface area contributed by atoms with Crippen LogP contribution in [0.1, 0.15) is 23.2 Å². The lowest BCUT2D eigenvalue weighted by molar-refractivity contribution is 0.100. The first-order valence-electron chi connectivity index (χ1n) is 11.4. The molecule has 8 heteroatoms. The predicted molar refractivity (Wildman–Crippen MR) is 132 cm³/mol. The summed E-state index contributed by atoms with van der Waals surface area (Å²) >= 11 is 0. The number of anilines is 1. The van der Waals surface area contributed by atoms with Crippen molar-refractivity contribution in [3.8, 4) is 28.2 Å². The lowest BCUT2D eigenvalue weighted by atomic mass is 10.00. The molecule has 0 unspecified atom stereocenters. The van der Waals surface area contributed by atoms with Gasteiger partial charge < -0.3 is 25.5 Å². The molecule has 5 rings (SSSR count). The summed E-state index contributed by atoms with van der Waals surface area (Å²) in [4.78, 5) is 20.7. The third-order valence-corrected chi connectivity index (χ3v) is 6.20. The van der Waals surface area contributed by atoms with E-state index in [1.807, 2.05) is 24.3 Å². The van der Waals surface area contributed by atoms with Gasteiger partial charge in [-0.3, -0.25) is 9.78 Å². The van der Waals surface area contributed by atoms with Crippen LogP contribution in [0.25, 0.3) is 33.6 Å². The molecule has 1 fully saturated rings. The second-order valence-electron chi connectivity index (χ2n) is 8.49. The van der Waals surface area contributed by atoms with Crippen LogP contribution < -0.4 is 21.1 Å². The van der Waals surface area contributed by atoms with Gasteiger partial charge in [0.15, 0.2) is 5.58 Å². The van der Waals surface area contributed by atoms with E-state index >= 15 is 0 Å². The molecule has 4 heterocycles. The number of carbonyl (C=O) groups is 1. The number of carbonyl (C=O) groups excluding carboxylic acids is 1. The maximum absolute atomic E-state index is 11.7. The van der Waals surface area contributed by atoms with E-state index in [0.29, 0.717) is 39.7 Å². The summed E-state index contributed by atoms with van der Waals surface area (Å²) in [5.74, 6) is 2.05. The SMILES string of the molecule is COc1ccc(C(N)=O)cc1-c1cc2nccc(-c3ccnc(NC[C@H]4CCCNC4)c3)c2o1. The first-order chi connectivity index (χ1) is 16.6. The number of fused-ring (bicyclic) bond motifs is 1. The second kappa shape index (κ2) is 9.52. The molecule has 1 atom stereocenters. The van der Waals surface area contributed by atoms with E-state index in [9.17, 15) is 4.79 Å². The van der Waals surface area contributed by atoms with E-state index in [-0.39, 0.29) is 0 Å². The van der Waals surface area contributed by atoms with Crippen LogP contribution in [0.2, 0.25) is 0 Å². The highest BCUT2D eigenvalue weighted by atomic mass is 16.5. The minimum Gasteiger partial charge on any atom is -0.496 e. The largest absolute Gasteiger partial charge is 0.496 e. The highest BCUT2D eigenvalue weighted by molar-refractivity contribution is 5.96. The Labute approximate surface area is 197 Å². The number of hydrogen-bond donors (Lipinski definition) is 3. The molecule has 34 heavy (non-hydrogen) atoms. The number of ether oxygens (including phenoxy) is 1. The topological polar surface area (TPSA) is 115 Å². The summed E-state index contributed by atoms with van der Waals surface area (Å²) in [5.41, 5.74) is 9.74. The number of piperidine rings is 1. The zero-order chi connectivity index (χ0) is 23.5. The number of amides is 1. The average molecular weight is 458 g/mol. The van der Waals surface area contributed by atoms with Crippen LogP contribution in [0, 0.1) is 5.92 Å². The molecule has 0 spiro atoms. The van der Waals surface area contributed by atoms with Crippen LogP contribution in [0.4, 0.5) is 5.82 Å². The maximum Gasteiger partial charge on any atom is 0.248 e. The van der Waals surface area contributed by atoms with E-state index < -0.39 is 5.91 Å². The molecule has 0 aliphatic carbocycles. The summed E-state index contributed by atoms with van der Waals surface area (Å²) in [6.45, 7) is 3.02. The van der Waals surface area contributed by atoms with E-state index in [0.717, 1.165) is 36.6 Å². The molecule has 0 saturated carbocycles. The van der Waals surface area contributed by atoms with E-state index in [4.69, 9.17) is 14.9 Å². The van der Waals surface area contributed by atoms with Gasteiger partial charge >= 0.3 is 0 Å². The van der Waals surface area contributed by atoms with Crippen molar-refractivity contribution in [1.29, 1.82) is 0 Å². The third kappa shape index (κ3) is 4.45. The number of aromatic nitrogens is 2. The molecule has 1 amide bonds. The number of methoxy groups -OCH3 is 1. The number of nitrogens with one attached hydrogen (secondary N) is 2. The van der Waals surface area contributed by atoms with Crippen molar-refractivity contribution in [2.45, 2.75) is 12.8 Å². The van der Waals surface area contributed by atoms with Gasteiger partial charge in [-0.25, -0.2) is 4.98 Å². The zero-order valence-corrected chi connectivity index (χ0v) is 19.0. The molecule has 1 aromatic carbocycles. The monoisotopic (exact) mass is 457 g/mol. The van der Waals surface area contributed by atoms with Gasteiger partial charge in [0.25, 0.3) is 0 Å². The fourth-order valence-electron chi connectivity index (χ4n) is 4.39. The predicted octanol–water partition coefficient (Wildman–Crippen LogP) is 4.08. The second-order valence-corrected chi connectivity index (χ2v) is 8.49. The van der Waals surface area contributed by atoms with E-state index in [1.165, 1.54) is 12.8 Å². The number of nitrogens with two attached hydrogens (primary N) is 1. The molecule has 1 aliphatic heterocycles. The Balaban J connectivity index is 1.48. The fraction of sp³-hybridized carbons (Fsp3) is 0.269. The lowest BCUT2D eigenvalue weighted by Gasteiger charge is -2.23. The molecular weight excluding hydrogens is 430 g/mol. The maximum atomic E-state index is 11.7.